The first-order valence-corrected chi connectivity index (χ1v) is 12.8. The molecular formula is C28H42O3. The summed E-state index contributed by atoms with van der Waals surface area (Å²) in [5.74, 6) is 0. The summed E-state index contributed by atoms with van der Waals surface area (Å²) in [5.41, 5.74) is 3.88. The van der Waals surface area contributed by atoms with Gasteiger partial charge in [0.05, 0.1) is 19.8 Å². The van der Waals surface area contributed by atoms with Crippen LogP contribution in [0.1, 0.15) is 102 Å². The van der Waals surface area contributed by atoms with Crippen LogP contribution in [0.4, 0.5) is 0 Å². The molecule has 0 spiro atoms. The van der Waals surface area contributed by atoms with Crippen LogP contribution in [-0.2, 0) is 19.6 Å². The molecule has 1 heterocycles. The number of hydrogen-bond acceptors (Lipinski definition) is 3. The number of ether oxygens (including phenoxy) is 3. The highest BCUT2D eigenvalue weighted by Gasteiger charge is 2.48. The van der Waals surface area contributed by atoms with E-state index in [0.717, 1.165) is 6.42 Å². The van der Waals surface area contributed by atoms with Crippen LogP contribution in [0.25, 0.3) is 0 Å². The molecule has 0 N–H and O–H groups in total. The predicted octanol–water partition coefficient (Wildman–Crippen LogP) is 7.26. The van der Waals surface area contributed by atoms with Gasteiger partial charge in [0.2, 0.25) is 0 Å². The van der Waals surface area contributed by atoms with Crippen molar-refractivity contribution in [1.29, 1.82) is 0 Å². The number of rotatable bonds is 10. The van der Waals surface area contributed by atoms with Crippen LogP contribution in [0.5, 0.6) is 0 Å². The molecule has 3 aliphatic carbocycles. The van der Waals surface area contributed by atoms with Crippen LogP contribution in [0, 0.1) is 5.41 Å². The molecule has 4 fully saturated rings. The number of benzene rings is 1. The van der Waals surface area contributed by atoms with E-state index in [1.807, 2.05) is 0 Å². The van der Waals surface area contributed by atoms with Crippen molar-refractivity contribution in [3.05, 3.63) is 47.5 Å². The minimum atomic E-state index is -0.252. The topological polar surface area (TPSA) is 27.7 Å². The molecule has 2 atom stereocenters. The molecule has 2 bridgehead atoms. The number of hydrogen-bond donors (Lipinski definition) is 0. The normalized spacial score (nSPS) is 33.2. The van der Waals surface area contributed by atoms with E-state index in [1.54, 1.807) is 5.56 Å². The van der Waals surface area contributed by atoms with Crippen LogP contribution in [-0.4, -0.2) is 26.1 Å². The average molecular weight is 427 g/mol. The van der Waals surface area contributed by atoms with Crippen molar-refractivity contribution in [2.24, 2.45) is 5.41 Å². The molecule has 2 unspecified atom stereocenters. The molecule has 0 radical (unpaired) electrons. The van der Waals surface area contributed by atoms with Gasteiger partial charge in [0.15, 0.2) is 6.29 Å². The highest BCUT2D eigenvalue weighted by Crippen LogP contribution is 2.59. The highest BCUT2D eigenvalue weighted by atomic mass is 16.7. The second-order valence-corrected chi connectivity index (χ2v) is 10.2. The first-order chi connectivity index (χ1) is 15.2. The fraction of sp³-hybridized carbons (Fsp3) is 0.714. The van der Waals surface area contributed by atoms with Gasteiger partial charge in [-0.2, -0.15) is 0 Å². The van der Waals surface area contributed by atoms with E-state index in [1.165, 1.54) is 69.8 Å². The molecule has 0 amide bonds. The largest absolute Gasteiger partial charge is 0.366 e. The molecule has 5 rings (SSSR count). The van der Waals surface area contributed by atoms with Crippen molar-refractivity contribution in [3.63, 3.8) is 0 Å². The van der Waals surface area contributed by atoms with Gasteiger partial charge in [-0.1, -0.05) is 69.5 Å². The van der Waals surface area contributed by atoms with Gasteiger partial charge in [-0.25, -0.2) is 0 Å². The fourth-order valence-electron chi connectivity index (χ4n) is 6.10. The van der Waals surface area contributed by atoms with E-state index in [-0.39, 0.29) is 12.4 Å². The minimum Gasteiger partial charge on any atom is -0.366 e. The Kier molecular flexibility index (Phi) is 7.90. The third kappa shape index (κ3) is 5.43. The Morgan fingerprint density at radius 1 is 0.903 bits per heavy atom. The SMILES string of the molecule is CCCC/C=C/COC1COC(c2ccc(C34CCC(CCC)(CC3)CC4)cc2)CO1. The summed E-state index contributed by atoms with van der Waals surface area (Å²) in [6.45, 7) is 6.22. The second kappa shape index (κ2) is 10.6. The van der Waals surface area contributed by atoms with E-state index < -0.39 is 0 Å². The quantitative estimate of drug-likeness (QED) is 0.291. The maximum atomic E-state index is 6.08. The summed E-state index contributed by atoms with van der Waals surface area (Å²) in [6.07, 6.45) is 18.8. The van der Waals surface area contributed by atoms with E-state index in [2.05, 4.69) is 50.3 Å². The molecule has 1 aromatic carbocycles. The van der Waals surface area contributed by atoms with Crippen molar-refractivity contribution in [1.82, 2.24) is 0 Å². The van der Waals surface area contributed by atoms with Gasteiger partial charge < -0.3 is 14.2 Å². The Morgan fingerprint density at radius 3 is 2.26 bits per heavy atom. The maximum absolute atomic E-state index is 6.08. The monoisotopic (exact) mass is 426 g/mol. The molecular weight excluding hydrogens is 384 g/mol. The molecule has 3 saturated carbocycles. The Balaban J connectivity index is 1.25. The van der Waals surface area contributed by atoms with Crippen LogP contribution in [0.15, 0.2) is 36.4 Å². The zero-order valence-corrected chi connectivity index (χ0v) is 19.7. The van der Waals surface area contributed by atoms with Gasteiger partial charge in [0.1, 0.15) is 6.10 Å². The molecule has 172 valence electrons. The lowest BCUT2D eigenvalue weighted by atomic mass is 9.51. The lowest BCUT2D eigenvalue weighted by molar-refractivity contribution is -0.232. The van der Waals surface area contributed by atoms with Crippen LogP contribution in [0.2, 0.25) is 0 Å². The van der Waals surface area contributed by atoms with Crippen molar-refractivity contribution in [2.45, 2.75) is 102 Å². The third-order valence-corrected chi connectivity index (χ3v) is 8.21. The molecule has 1 saturated heterocycles. The van der Waals surface area contributed by atoms with Gasteiger partial charge in [-0.3, -0.25) is 0 Å². The molecule has 31 heavy (non-hydrogen) atoms. The zero-order valence-electron chi connectivity index (χ0n) is 19.7. The van der Waals surface area contributed by atoms with E-state index in [9.17, 15) is 0 Å². The summed E-state index contributed by atoms with van der Waals surface area (Å²) < 4.78 is 17.8. The van der Waals surface area contributed by atoms with Gasteiger partial charge >= 0.3 is 0 Å². The summed E-state index contributed by atoms with van der Waals surface area (Å²) in [4.78, 5) is 0. The van der Waals surface area contributed by atoms with Gasteiger partial charge in [-0.15, -0.1) is 0 Å². The minimum absolute atomic E-state index is 0.0152. The van der Waals surface area contributed by atoms with Crippen molar-refractivity contribution in [2.75, 3.05) is 19.8 Å². The Morgan fingerprint density at radius 2 is 1.65 bits per heavy atom. The lowest BCUT2D eigenvalue weighted by Gasteiger charge is -2.54. The van der Waals surface area contributed by atoms with E-state index in [0.29, 0.717) is 30.7 Å². The summed E-state index contributed by atoms with van der Waals surface area (Å²) in [5, 5.41) is 0. The van der Waals surface area contributed by atoms with Crippen molar-refractivity contribution >= 4 is 0 Å². The summed E-state index contributed by atoms with van der Waals surface area (Å²) in [7, 11) is 0. The first kappa shape index (κ1) is 23.0. The second-order valence-electron chi connectivity index (χ2n) is 10.2. The molecule has 0 aromatic heterocycles. The Hall–Kier alpha value is -1.16. The average Bonchev–Trinajstić information content (AvgIpc) is 2.83. The van der Waals surface area contributed by atoms with Gasteiger partial charge in [0, 0.05) is 0 Å². The smallest absolute Gasteiger partial charge is 0.181 e. The van der Waals surface area contributed by atoms with Crippen molar-refractivity contribution < 1.29 is 14.2 Å². The number of fused-ring (bicyclic) bond motifs is 3. The van der Waals surface area contributed by atoms with Crippen LogP contribution in [0.3, 0.4) is 0 Å². The van der Waals surface area contributed by atoms with Crippen molar-refractivity contribution in [3.8, 4) is 0 Å². The van der Waals surface area contributed by atoms with Crippen LogP contribution < -0.4 is 0 Å². The lowest BCUT2D eigenvalue weighted by Crippen LogP contribution is -2.44. The molecule has 3 heteroatoms. The maximum Gasteiger partial charge on any atom is 0.181 e. The molecule has 4 aliphatic rings. The molecule has 1 aliphatic heterocycles. The van der Waals surface area contributed by atoms with Gasteiger partial charge in [0.25, 0.3) is 0 Å². The van der Waals surface area contributed by atoms with E-state index in [4.69, 9.17) is 14.2 Å². The molecule has 3 nitrogen and oxygen atoms in total. The molecule has 1 aromatic rings. The fourth-order valence-corrected chi connectivity index (χ4v) is 6.10. The summed E-state index contributed by atoms with van der Waals surface area (Å²) >= 11 is 0. The van der Waals surface area contributed by atoms with E-state index >= 15 is 0 Å². The third-order valence-electron chi connectivity index (χ3n) is 8.21. The van der Waals surface area contributed by atoms with Crippen LogP contribution >= 0.6 is 0 Å². The highest BCUT2D eigenvalue weighted by molar-refractivity contribution is 5.32. The summed E-state index contributed by atoms with van der Waals surface area (Å²) in [6, 6.07) is 9.30. The van der Waals surface area contributed by atoms with Gasteiger partial charge in [-0.05, 0) is 73.3 Å². The number of allylic oxidation sites excluding steroid dienone is 1. The number of unbranched alkanes of at least 4 members (excludes halogenated alkanes) is 2. The standard InChI is InChI=1S/C28H42O3/c1-3-5-6-7-8-20-29-26-22-30-25(21-31-26)23-9-11-24(12-10-23)28-17-14-27(13-4-2,15-18-28)16-19-28/h7-12,25-26H,3-6,13-22H2,1-2H3/b8-7+. The predicted molar refractivity (Wildman–Crippen MR) is 126 cm³/mol. The zero-order chi connectivity index (χ0) is 21.6. The Bertz CT molecular complexity index is 675. The Labute approximate surface area is 189 Å². The first-order valence-electron chi connectivity index (χ1n) is 12.8.